The first-order chi connectivity index (χ1) is 8.06. The number of urea groups is 1. The number of carboxylic acids is 1. The van der Waals surface area contributed by atoms with Crippen LogP contribution in [0.5, 0.6) is 0 Å². The monoisotopic (exact) mass is 240 g/mol. The maximum atomic E-state index is 11.1. The lowest BCUT2D eigenvalue weighted by Crippen LogP contribution is -2.39. The van der Waals surface area contributed by atoms with Gasteiger partial charge in [-0.2, -0.15) is 0 Å². The molecule has 0 aliphatic rings. The Morgan fingerprint density at radius 3 is 2.53 bits per heavy atom. The minimum atomic E-state index is -0.958. The van der Waals surface area contributed by atoms with Gasteiger partial charge in [0.25, 0.3) is 0 Å². The molecule has 0 heterocycles. The molecule has 6 heteroatoms. The van der Waals surface area contributed by atoms with E-state index in [-0.39, 0.29) is 19.3 Å². The Bertz CT molecular complexity index is 341. The Hall–Kier alpha value is -2.03. The predicted molar refractivity (Wildman–Crippen MR) is 61.1 cm³/mol. The Morgan fingerprint density at radius 2 is 1.94 bits per heavy atom. The Balaban J connectivity index is 3.61. The molecule has 3 N–H and O–H groups in total. The molecule has 6 nitrogen and oxygen atoms in total. The first-order valence-electron chi connectivity index (χ1n) is 5.25. The molecule has 0 aromatic carbocycles. The van der Waals surface area contributed by atoms with Crippen molar-refractivity contribution in [1.82, 2.24) is 10.6 Å². The van der Waals surface area contributed by atoms with Gasteiger partial charge in [-0.3, -0.25) is 14.9 Å². The first-order valence-corrected chi connectivity index (χ1v) is 5.25. The second kappa shape index (κ2) is 9.21. The number of carbonyl (C=O) groups is 3. The number of hydrogen-bond donors (Lipinski definition) is 3. The average molecular weight is 240 g/mol. The Labute approximate surface area is 99.8 Å². The van der Waals surface area contributed by atoms with Crippen molar-refractivity contribution in [2.75, 3.05) is 6.54 Å². The van der Waals surface area contributed by atoms with Gasteiger partial charge in [-0.15, -0.1) is 11.8 Å². The van der Waals surface area contributed by atoms with Crippen molar-refractivity contribution in [2.45, 2.75) is 32.6 Å². The van der Waals surface area contributed by atoms with Crippen LogP contribution in [0.4, 0.5) is 4.79 Å². The molecule has 0 aliphatic carbocycles. The SMILES string of the molecule is CC#CCCNC(=O)NC(=O)CCCC(=O)O. The van der Waals surface area contributed by atoms with Crippen molar-refractivity contribution in [2.24, 2.45) is 0 Å². The highest BCUT2D eigenvalue weighted by Gasteiger charge is 2.07. The van der Waals surface area contributed by atoms with Crippen LogP contribution in [0.1, 0.15) is 32.6 Å². The summed E-state index contributed by atoms with van der Waals surface area (Å²) in [4.78, 5) is 32.4. The summed E-state index contributed by atoms with van der Waals surface area (Å²) >= 11 is 0. The van der Waals surface area contributed by atoms with Gasteiger partial charge >= 0.3 is 12.0 Å². The molecule has 0 aromatic heterocycles. The number of rotatable bonds is 6. The predicted octanol–water partition coefficient (Wildman–Crippen LogP) is 0.480. The van der Waals surface area contributed by atoms with Crippen molar-refractivity contribution in [3.63, 3.8) is 0 Å². The van der Waals surface area contributed by atoms with Gasteiger partial charge in [0.2, 0.25) is 5.91 Å². The topological polar surface area (TPSA) is 95.5 Å². The third kappa shape index (κ3) is 10.3. The molecule has 0 spiro atoms. The van der Waals surface area contributed by atoms with Crippen molar-refractivity contribution in [3.05, 3.63) is 0 Å². The third-order valence-electron chi connectivity index (χ3n) is 1.76. The molecule has 0 atom stereocenters. The number of hydrogen-bond acceptors (Lipinski definition) is 3. The van der Waals surface area contributed by atoms with Crippen LogP contribution < -0.4 is 10.6 Å². The van der Waals surface area contributed by atoms with Crippen molar-refractivity contribution in [3.8, 4) is 11.8 Å². The molecule has 0 rings (SSSR count). The van der Waals surface area contributed by atoms with Crippen LogP contribution in [0.2, 0.25) is 0 Å². The lowest BCUT2D eigenvalue weighted by Gasteiger charge is -2.04. The summed E-state index contributed by atoms with van der Waals surface area (Å²) in [7, 11) is 0. The number of carbonyl (C=O) groups excluding carboxylic acids is 2. The van der Waals surface area contributed by atoms with E-state index in [0.717, 1.165) is 0 Å². The summed E-state index contributed by atoms with van der Waals surface area (Å²) in [6, 6.07) is -0.580. The van der Waals surface area contributed by atoms with Crippen LogP contribution >= 0.6 is 0 Å². The van der Waals surface area contributed by atoms with E-state index < -0.39 is 17.9 Å². The Kier molecular flexibility index (Phi) is 8.11. The molecule has 0 aliphatic heterocycles. The van der Waals surface area contributed by atoms with Crippen LogP contribution in [-0.2, 0) is 9.59 Å². The largest absolute Gasteiger partial charge is 0.481 e. The fourth-order valence-electron chi connectivity index (χ4n) is 0.997. The standard InChI is InChI=1S/C11H16N2O4/c1-2-3-4-8-12-11(17)13-9(14)6-5-7-10(15)16/h4-8H2,1H3,(H,15,16)(H2,12,13,14,17). The maximum absolute atomic E-state index is 11.1. The molecule has 3 amide bonds. The fourth-order valence-corrected chi connectivity index (χ4v) is 0.997. The van der Waals surface area contributed by atoms with Crippen LogP contribution in [-0.4, -0.2) is 29.6 Å². The number of imide groups is 1. The number of amides is 3. The molecule has 0 fully saturated rings. The van der Waals surface area contributed by atoms with E-state index in [1.807, 2.05) is 0 Å². The van der Waals surface area contributed by atoms with E-state index in [0.29, 0.717) is 13.0 Å². The highest BCUT2D eigenvalue weighted by Crippen LogP contribution is 1.94. The minimum absolute atomic E-state index is 0.0223. The zero-order valence-electron chi connectivity index (χ0n) is 9.71. The molecule has 0 saturated heterocycles. The van der Waals surface area contributed by atoms with Crippen LogP contribution in [0.25, 0.3) is 0 Å². The smallest absolute Gasteiger partial charge is 0.321 e. The minimum Gasteiger partial charge on any atom is -0.481 e. The third-order valence-corrected chi connectivity index (χ3v) is 1.76. The molecule has 0 unspecified atom stereocenters. The molecule has 0 saturated carbocycles. The van der Waals surface area contributed by atoms with Gasteiger partial charge < -0.3 is 10.4 Å². The fraction of sp³-hybridized carbons (Fsp3) is 0.545. The van der Waals surface area contributed by atoms with Crippen molar-refractivity contribution < 1.29 is 19.5 Å². The normalized spacial score (nSPS) is 8.76. The first kappa shape index (κ1) is 15.0. The number of carboxylic acid groups (broad SMARTS) is 1. The average Bonchev–Trinajstić information content (AvgIpc) is 2.23. The lowest BCUT2D eigenvalue weighted by atomic mass is 10.2. The van der Waals surface area contributed by atoms with Crippen LogP contribution in [0, 0.1) is 11.8 Å². The van der Waals surface area contributed by atoms with Crippen LogP contribution in [0.15, 0.2) is 0 Å². The summed E-state index contributed by atoms with van der Waals surface area (Å²) in [5.41, 5.74) is 0. The highest BCUT2D eigenvalue weighted by atomic mass is 16.4. The Morgan fingerprint density at radius 1 is 1.24 bits per heavy atom. The molecular formula is C11H16N2O4. The molecule has 0 aromatic rings. The van der Waals surface area contributed by atoms with E-state index in [4.69, 9.17) is 5.11 Å². The summed E-state index contributed by atoms with van der Waals surface area (Å²) < 4.78 is 0. The van der Waals surface area contributed by atoms with E-state index >= 15 is 0 Å². The van der Waals surface area contributed by atoms with Gasteiger partial charge in [0.1, 0.15) is 0 Å². The van der Waals surface area contributed by atoms with Crippen LogP contribution in [0.3, 0.4) is 0 Å². The van der Waals surface area contributed by atoms with E-state index in [9.17, 15) is 14.4 Å². The molecule has 0 radical (unpaired) electrons. The van der Waals surface area contributed by atoms with Gasteiger partial charge in [-0.25, -0.2) is 4.79 Å². The quantitative estimate of drug-likeness (QED) is 0.465. The number of aliphatic carboxylic acids is 1. The number of nitrogens with one attached hydrogen (secondary N) is 2. The second-order valence-electron chi connectivity index (χ2n) is 3.23. The summed E-state index contributed by atoms with van der Waals surface area (Å²) in [6.07, 6.45) is 0.683. The van der Waals surface area contributed by atoms with Gasteiger partial charge in [0, 0.05) is 25.8 Å². The summed E-state index contributed by atoms with van der Waals surface area (Å²) in [5, 5.41) is 12.9. The summed E-state index contributed by atoms with van der Waals surface area (Å²) in [5.74, 6) is 4.00. The zero-order chi connectivity index (χ0) is 13.1. The van der Waals surface area contributed by atoms with Crippen molar-refractivity contribution >= 4 is 17.9 Å². The van der Waals surface area contributed by atoms with Gasteiger partial charge in [0.05, 0.1) is 0 Å². The molecule has 0 bridgehead atoms. The lowest BCUT2D eigenvalue weighted by molar-refractivity contribution is -0.137. The zero-order valence-corrected chi connectivity index (χ0v) is 9.71. The van der Waals surface area contributed by atoms with Crippen molar-refractivity contribution in [1.29, 1.82) is 0 Å². The maximum Gasteiger partial charge on any atom is 0.321 e. The second-order valence-corrected chi connectivity index (χ2v) is 3.23. The van der Waals surface area contributed by atoms with Gasteiger partial charge in [-0.05, 0) is 13.3 Å². The molecule has 17 heavy (non-hydrogen) atoms. The van der Waals surface area contributed by atoms with E-state index in [1.54, 1.807) is 6.92 Å². The summed E-state index contributed by atoms with van der Waals surface area (Å²) in [6.45, 7) is 2.07. The highest BCUT2D eigenvalue weighted by molar-refractivity contribution is 5.94. The van der Waals surface area contributed by atoms with Gasteiger partial charge in [-0.1, -0.05) is 0 Å². The molecular weight excluding hydrogens is 224 g/mol. The van der Waals surface area contributed by atoms with Gasteiger partial charge in [0.15, 0.2) is 0 Å². The van der Waals surface area contributed by atoms with E-state index in [1.165, 1.54) is 0 Å². The molecule has 94 valence electrons. The van der Waals surface area contributed by atoms with E-state index in [2.05, 4.69) is 22.5 Å².